The van der Waals surface area contributed by atoms with Crippen LogP contribution in [0.15, 0.2) is 0 Å². The van der Waals surface area contributed by atoms with Gasteiger partial charge >= 0.3 is 0 Å². The lowest BCUT2D eigenvalue weighted by atomic mass is 9.89. The summed E-state index contributed by atoms with van der Waals surface area (Å²) in [6.45, 7) is 11.4. The van der Waals surface area contributed by atoms with Crippen molar-refractivity contribution in [3.8, 4) is 0 Å². The fourth-order valence-electron chi connectivity index (χ4n) is 2.84. The number of hydrogen-bond donors (Lipinski definition) is 1. The van der Waals surface area contributed by atoms with Crippen LogP contribution in [0.3, 0.4) is 0 Å². The zero-order chi connectivity index (χ0) is 17.7. The molecule has 0 aromatic rings. The second-order valence-electron chi connectivity index (χ2n) is 8.16. The SMILES string of the molecule is CC(C)NC(CCCCC(C)(C)C)C(=O)N1CCS(=O)(=O)CC1. The molecule has 0 aromatic carbocycles. The van der Waals surface area contributed by atoms with Gasteiger partial charge in [0.25, 0.3) is 0 Å². The zero-order valence-electron chi connectivity index (χ0n) is 15.4. The molecule has 1 heterocycles. The molecule has 23 heavy (non-hydrogen) atoms. The van der Waals surface area contributed by atoms with Crippen LogP contribution < -0.4 is 5.32 Å². The summed E-state index contributed by atoms with van der Waals surface area (Å²) in [5.74, 6) is 0.248. The van der Waals surface area contributed by atoms with Gasteiger partial charge in [-0.15, -0.1) is 0 Å². The van der Waals surface area contributed by atoms with Crippen molar-refractivity contribution in [3.63, 3.8) is 0 Å². The Morgan fingerprint density at radius 1 is 1.13 bits per heavy atom. The number of rotatable bonds is 7. The first-order valence-electron chi connectivity index (χ1n) is 8.75. The maximum absolute atomic E-state index is 12.7. The molecule has 0 radical (unpaired) electrons. The number of nitrogens with zero attached hydrogens (tertiary/aromatic N) is 1. The first-order valence-corrected chi connectivity index (χ1v) is 10.6. The van der Waals surface area contributed by atoms with Crippen LogP contribution in [0.25, 0.3) is 0 Å². The molecule has 0 aliphatic carbocycles. The first kappa shape index (κ1) is 20.4. The van der Waals surface area contributed by atoms with Crippen LogP contribution in [0.5, 0.6) is 0 Å². The Morgan fingerprint density at radius 2 is 1.70 bits per heavy atom. The number of carbonyl (C=O) groups excluding carboxylic acids is 1. The molecule has 1 aliphatic heterocycles. The lowest BCUT2D eigenvalue weighted by Gasteiger charge is -2.31. The summed E-state index contributed by atoms with van der Waals surface area (Å²) in [4.78, 5) is 14.4. The van der Waals surface area contributed by atoms with Gasteiger partial charge in [0.1, 0.15) is 0 Å². The van der Waals surface area contributed by atoms with E-state index in [4.69, 9.17) is 0 Å². The Morgan fingerprint density at radius 3 is 2.17 bits per heavy atom. The van der Waals surface area contributed by atoms with E-state index in [0.29, 0.717) is 18.5 Å². The van der Waals surface area contributed by atoms with E-state index in [0.717, 1.165) is 25.7 Å². The molecule has 6 heteroatoms. The maximum Gasteiger partial charge on any atom is 0.239 e. The highest BCUT2D eigenvalue weighted by molar-refractivity contribution is 7.91. The van der Waals surface area contributed by atoms with Crippen LogP contribution in [0.2, 0.25) is 0 Å². The fraction of sp³-hybridized carbons (Fsp3) is 0.941. The zero-order valence-corrected chi connectivity index (χ0v) is 16.2. The fourth-order valence-corrected chi connectivity index (χ4v) is 4.04. The highest BCUT2D eigenvalue weighted by atomic mass is 32.2. The number of hydrogen-bond acceptors (Lipinski definition) is 4. The van der Waals surface area contributed by atoms with Crippen LogP contribution in [-0.2, 0) is 14.6 Å². The average molecular weight is 347 g/mol. The number of amides is 1. The van der Waals surface area contributed by atoms with Crippen molar-refractivity contribution >= 4 is 15.7 Å². The van der Waals surface area contributed by atoms with Crippen molar-refractivity contribution in [1.82, 2.24) is 10.2 Å². The van der Waals surface area contributed by atoms with E-state index < -0.39 is 9.84 Å². The second kappa shape index (κ2) is 8.47. The summed E-state index contributed by atoms with van der Waals surface area (Å²) < 4.78 is 23.0. The van der Waals surface area contributed by atoms with Gasteiger partial charge in [-0.05, 0) is 18.3 Å². The van der Waals surface area contributed by atoms with E-state index in [2.05, 4.69) is 26.1 Å². The van der Waals surface area contributed by atoms with Crippen LogP contribution >= 0.6 is 0 Å². The Bertz CT molecular complexity index is 467. The van der Waals surface area contributed by atoms with Gasteiger partial charge in [0.2, 0.25) is 5.91 Å². The van der Waals surface area contributed by atoms with Gasteiger partial charge in [0.15, 0.2) is 9.84 Å². The largest absolute Gasteiger partial charge is 0.339 e. The molecule has 5 nitrogen and oxygen atoms in total. The minimum absolute atomic E-state index is 0.0596. The molecule has 0 aromatic heterocycles. The van der Waals surface area contributed by atoms with Gasteiger partial charge in [0.05, 0.1) is 17.5 Å². The number of nitrogens with one attached hydrogen (secondary N) is 1. The molecule has 1 unspecified atom stereocenters. The molecule has 1 aliphatic rings. The average Bonchev–Trinajstić information content (AvgIpc) is 2.40. The van der Waals surface area contributed by atoms with Crippen molar-refractivity contribution in [1.29, 1.82) is 0 Å². The summed E-state index contributed by atoms with van der Waals surface area (Å²) in [6, 6.07) is 0.0378. The predicted molar refractivity (Wildman–Crippen MR) is 95.2 cm³/mol. The van der Waals surface area contributed by atoms with Gasteiger partial charge < -0.3 is 10.2 Å². The first-order chi connectivity index (χ1) is 10.5. The van der Waals surface area contributed by atoms with E-state index in [1.165, 1.54) is 0 Å². The lowest BCUT2D eigenvalue weighted by Crippen LogP contribution is -2.52. The molecule has 0 saturated carbocycles. The molecule has 1 amide bonds. The molecule has 1 saturated heterocycles. The highest BCUT2D eigenvalue weighted by Gasteiger charge is 2.29. The van der Waals surface area contributed by atoms with E-state index in [9.17, 15) is 13.2 Å². The van der Waals surface area contributed by atoms with Crippen LogP contribution in [0, 0.1) is 5.41 Å². The van der Waals surface area contributed by atoms with Crippen molar-refractivity contribution in [2.24, 2.45) is 5.41 Å². The normalized spacial score (nSPS) is 19.8. The van der Waals surface area contributed by atoms with Crippen LogP contribution in [0.1, 0.15) is 60.3 Å². The van der Waals surface area contributed by atoms with Gasteiger partial charge in [-0.3, -0.25) is 4.79 Å². The number of carbonyl (C=O) groups is 1. The van der Waals surface area contributed by atoms with Crippen LogP contribution in [-0.4, -0.2) is 55.9 Å². The topological polar surface area (TPSA) is 66.5 Å². The van der Waals surface area contributed by atoms with Gasteiger partial charge in [-0.25, -0.2) is 8.42 Å². The van der Waals surface area contributed by atoms with E-state index in [1.807, 2.05) is 13.8 Å². The third kappa shape index (κ3) is 8.15. The quantitative estimate of drug-likeness (QED) is 0.718. The monoisotopic (exact) mass is 346 g/mol. The standard InChI is InChI=1S/C17H34N2O3S/c1-14(2)18-15(8-6-7-9-17(3,4)5)16(20)19-10-12-23(21,22)13-11-19/h14-15,18H,6-13H2,1-5H3. The molecule has 1 fully saturated rings. The van der Waals surface area contributed by atoms with E-state index in [1.54, 1.807) is 4.90 Å². The molecular weight excluding hydrogens is 312 g/mol. The Labute approximate surface area is 142 Å². The van der Waals surface area contributed by atoms with Crippen molar-refractivity contribution in [3.05, 3.63) is 0 Å². The Balaban J connectivity index is 2.54. The van der Waals surface area contributed by atoms with Gasteiger partial charge in [-0.2, -0.15) is 0 Å². The molecule has 1 atom stereocenters. The Kier molecular flexibility index (Phi) is 7.52. The van der Waals surface area contributed by atoms with E-state index in [-0.39, 0.29) is 29.5 Å². The van der Waals surface area contributed by atoms with Crippen molar-refractivity contribution in [2.75, 3.05) is 24.6 Å². The summed E-state index contributed by atoms with van der Waals surface area (Å²) in [5, 5.41) is 3.35. The number of sulfone groups is 1. The van der Waals surface area contributed by atoms with Crippen LogP contribution in [0.4, 0.5) is 0 Å². The maximum atomic E-state index is 12.7. The third-order valence-corrected chi connectivity index (χ3v) is 5.77. The van der Waals surface area contributed by atoms with Gasteiger partial charge in [-0.1, -0.05) is 47.5 Å². The highest BCUT2D eigenvalue weighted by Crippen LogP contribution is 2.22. The summed E-state index contributed by atoms with van der Waals surface area (Å²) in [7, 11) is -2.95. The second-order valence-corrected chi connectivity index (χ2v) is 10.5. The third-order valence-electron chi connectivity index (χ3n) is 4.16. The molecule has 1 rings (SSSR count). The predicted octanol–water partition coefficient (Wildman–Crippen LogP) is 2.22. The minimum atomic E-state index is -2.95. The smallest absolute Gasteiger partial charge is 0.239 e. The summed E-state index contributed by atoms with van der Waals surface area (Å²) >= 11 is 0. The molecule has 0 bridgehead atoms. The minimum Gasteiger partial charge on any atom is -0.339 e. The lowest BCUT2D eigenvalue weighted by molar-refractivity contribution is -0.133. The molecular formula is C17H34N2O3S. The molecule has 136 valence electrons. The summed E-state index contributed by atoms with van der Waals surface area (Å²) in [5.41, 5.74) is 0.326. The van der Waals surface area contributed by atoms with Gasteiger partial charge in [0, 0.05) is 19.1 Å². The molecule has 1 N–H and O–H groups in total. The molecule has 0 spiro atoms. The van der Waals surface area contributed by atoms with E-state index >= 15 is 0 Å². The number of unbranched alkanes of at least 4 members (excludes halogenated alkanes) is 1. The Hall–Kier alpha value is -0.620. The van der Waals surface area contributed by atoms with Crippen molar-refractivity contribution in [2.45, 2.75) is 72.4 Å². The summed E-state index contributed by atoms with van der Waals surface area (Å²) in [6.07, 6.45) is 4.09. The van der Waals surface area contributed by atoms with Crippen molar-refractivity contribution < 1.29 is 13.2 Å².